The molecule has 156 valence electrons. The summed E-state index contributed by atoms with van der Waals surface area (Å²) in [6.45, 7) is 7.55. The number of halogens is 2. The largest absolute Gasteiger partial charge is 0.394 e. The van der Waals surface area contributed by atoms with E-state index < -0.39 is 11.6 Å². The fourth-order valence-corrected chi connectivity index (χ4v) is 4.57. The minimum Gasteiger partial charge on any atom is -0.394 e. The summed E-state index contributed by atoms with van der Waals surface area (Å²) in [4.78, 5) is 15.8. The Bertz CT molecular complexity index is 981. The summed E-state index contributed by atoms with van der Waals surface area (Å²) >= 11 is 2.70. The predicted octanol–water partition coefficient (Wildman–Crippen LogP) is 4.30. The molecule has 0 spiro atoms. The molecule has 2 aromatic heterocycles. The standard InChI is InChI=1S/C19H23F2N5OS2/c1-4-26(5-2)19-25-17-15(29-19)16(22-11(3)9-27)23-18(24-17)28-10-12-7-6-8-13(20)14(12)21/h6-8,11,27H,4-5,9-10H2,1-3H3,(H,22,23,24)/t11-/m1/s1. The molecule has 0 aliphatic rings. The van der Waals surface area contributed by atoms with E-state index in [1.807, 2.05) is 6.92 Å². The highest BCUT2D eigenvalue weighted by Crippen LogP contribution is 2.34. The first kappa shape index (κ1) is 21.7. The molecule has 1 atom stereocenters. The van der Waals surface area contributed by atoms with Crippen molar-refractivity contribution in [3.05, 3.63) is 35.4 Å². The smallest absolute Gasteiger partial charge is 0.191 e. The van der Waals surface area contributed by atoms with Gasteiger partial charge < -0.3 is 15.3 Å². The molecule has 0 radical (unpaired) electrons. The van der Waals surface area contributed by atoms with Crippen molar-refractivity contribution in [2.45, 2.75) is 37.7 Å². The molecule has 0 saturated heterocycles. The van der Waals surface area contributed by atoms with E-state index >= 15 is 0 Å². The first-order valence-corrected chi connectivity index (χ1v) is 11.1. The van der Waals surface area contributed by atoms with Gasteiger partial charge >= 0.3 is 0 Å². The van der Waals surface area contributed by atoms with Crippen molar-refractivity contribution in [3.8, 4) is 0 Å². The number of anilines is 2. The van der Waals surface area contributed by atoms with Gasteiger partial charge in [0.05, 0.1) is 6.61 Å². The molecule has 10 heteroatoms. The van der Waals surface area contributed by atoms with E-state index in [1.54, 1.807) is 0 Å². The highest BCUT2D eigenvalue weighted by atomic mass is 32.2. The zero-order chi connectivity index (χ0) is 21.0. The minimum atomic E-state index is -0.873. The third kappa shape index (κ3) is 4.93. The predicted molar refractivity (Wildman–Crippen MR) is 115 cm³/mol. The van der Waals surface area contributed by atoms with Crippen LogP contribution in [0.4, 0.5) is 19.7 Å². The second kappa shape index (κ2) is 9.64. The summed E-state index contributed by atoms with van der Waals surface area (Å²) in [5.41, 5.74) is 0.792. The molecule has 0 bridgehead atoms. The molecule has 0 fully saturated rings. The molecule has 1 aromatic carbocycles. The monoisotopic (exact) mass is 439 g/mol. The van der Waals surface area contributed by atoms with Gasteiger partial charge in [0, 0.05) is 30.4 Å². The fourth-order valence-electron chi connectivity index (χ4n) is 2.67. The van der Waals surface area contributed by atoms with E-state index in [2.05, 4.69) is 39.0 Å². The van der Waals surface area contributed by atoms with Gasteiger partial charge in [-0.3, -0.25) is 0 Å². The van der Waals surface area contributed by atoms with Gasteiger partial charge in [-0.1, -0.05) is 35.2 Å². The lowest BCUT2D eigenvalue weighted by Crippen LogP contribution is -2.21. The normalized spacial score (nSPS) is 12.3. The van der Waals surface area contributed by atoms with Crippen LogP contribution in [0.2, 0.25) is 0 Å². The Morgan fingerprint density at radius 2 is 1.97 bits per heavy atom. The Hall–Kier alpha value is -2.04. The van der Waals surface area contributed by atoms with Crippen molar-refractivity contribution >= 4 is 44.4 Å². The third-order valence-electron chi connectivity index (χ3n) is 4.30. The Morgan fingerprint density at radius 1 is 1.21 bits per heavy atom. The van der Waals surface area contributed by atoms with Crippen LogP contribution in [0, 0.1) is 11.6 Å². The van der Waals surface area contributed by atoms with Gasteiger partial charge in [0.2, 0.25) is 0 Å². The quantitative estimate of drug-likeness (QED) is 0.380. The third-order valence-corrected chi connectivity index (χ3v) is 6.31. The van der Waals surface area contributed by atoms with Crippen molar-refractivity contribution in [3.63, 3.8) is 0 Å². The maximum absolute atomic E-state index is 13.9. The van der Waals surface area contributed by atoms with E-state index in [4.69, 9.17) is 0 Å². The van der Waals surface area contributed by atoms with Crippen LogP contribution in [0.3, 0.4) is 0 Å². The van der Waals surface area contributed by atoms with Gasteiger partial charge in [-0.2, -0.15) is 4.98 Å². The summed E-state index contributed by atoms with van der Waals surface area (Å²) in [5.74, 6) is -0.959. The molecule has 0 aliphatic carbocycles. The van der Waals surface area contributed by atoms with E-state index in [0.29, 0.717) is 16.6 Å². The summed E-state index contributed by atoms with van der Waals surface area (Å²) in [5, 5.41) is 13.8. The summed E-state index contributed by atoms with van der Waals surface area (Å²) < 4.78 is 28.2. The van der Waals surface area contributed by atoms with Gasteiger partial charge in [0.1, 0.15) is 4.70 Å². The number of aliphatic hydroxyl groups excluding tert-OH is 1. The molecular formula is C19H23F2N5OS2. The van der Waals surface area contributed by atoms with Crippen LogP contribution in [0.5, 0.6) is 0 Å². The second-order valence-corrected chi connectivity index (χ2v) is 8.33. The maximum atomic E-state index is 13.9. The highest BCUT2D eigenvalue weighted by Gasteiger charge is 2.18. The zero-order valence-corrected chi connectivity index (χ0v) is 18.1. The molecule has 29 heavy (non-hydrogen) atoms. The molecule has 2 heterocycles. The fraction of sp³-hybridized carbons (Fsp3) is 0.421. The number of benzene rings is 1. The lowest BCUT2D eigenvalue weighted by molar-refractivity contribution is 0.281. The molecule has 3 rings (SSSR count). The Morgan fingerprint density at radius 3 is 2.66 bits per heavy atom. The van der Waals surface area contributed by atoms with Crippen LogP contribution >= 0.6 is 23.1 Å². The summed E-state index contributed by atoms with van der Waals surface area (Å²) in [6.07, 6.45) is 0. The van der Waals surface area contributed by atoms with Gasteiger partial charge in [-0.15, -0.1) is 0 Å². The van der Waals surface area contributed by atoms with E-state index in [-0.39, 0.29) is 24.0 Å². The van der Waals surface area contributed by atoms with Gasteiger partial charge in [0.15, 0.2) is 33.4 Å². The maximum Gasteiger partial charge on any atom is 0.191 e. The topological polar surface area (TPSA) is 74.2 Å². The van der Waals surface area contributed by atoms with Crippen LogP contribution in [0.1, 0.15) is 26.3 Å². The van der Waals surface area contributed by atoms with Crippen LogP contribution in [-0.4, -0.2) is 45.8 Å². The number of thiazole rings is 1. The number of hydrogen-bond acceptors (Lipinski definition) is 8. The van der Waals surface area contributed by atoms with E-state index in [9.17, 15) is 13.9 Å². The Kier molecular flexibility index (Phi) is 7.20. The molecule has 0 amide bonds. The Balaban J connectivity index is 1.95. The Labute approximate surface area is 176 Å². The lowest BCUT2D eigenvalue weighted by atomic mass is 10.2. The highest BCUT2D eigenvalue weighted by molar-refractivity contribution is 7.98. The van der Waals surface area contributed by atoms with Crippen LogP contribution in [0.15, 0.2) is 23.4 Å². The van der Waals surface area contributed by atoms with Crippen LogP contribution < -0.4 is 10.2 Å². The van der Waals surface area contributed by atoms with Gasteiger partial charge in [-0.25, -0.2) is 18.7 Å². The first-order chi connectivity index (χ1) is 14.0. The SMILES string of the molecule is CCN(CC)c1nc2nc(SCc3cccc(F)c3F)nc(N[C@H](C)CO)c2s1. The van der Waals surface area contributed by atoms with Gasteiger partial charge in [-0.05, 0) is 26.8 Å². The molecule has 6 nitrogen and oxygen atoms in total. The van der Waals surface area contributed by atoms with Crippen molar-refractivity contribution in [2.24, 2.45) is 0 Å². The number of fused-ring (bicyclic) bond motifs is 1. The van der Waals surface area contributed by atoms with E-state index in [1.165, 1.54) is 35.2 Å². The second-order valence-electron chi connectivity index (χ2n) is 6.41. The molecule has 2 N–H and O–H groups in total. The van der Waals surface area contributed by atoms with Crippen LogP contribution in [-0.2, 0) is 5.75 Å². The molecule has 0 aliphatic heterocycles. The first-order valence-electron chi connectivity index (χ1n) is 9.33. The average molecular weight is 440 g/mol. The lowest BCUT2D eigenvalue weighted by Gasteiger charge is -2.16. The van der Waals surface area contributed by atoms with E-state index in [0.717, 1.165) is 29.0 Å². The summed E-state index contributed by atoms with van der Waals surface area (Å²) in [6, 6.07) is 3.91. The number of nitrogens with one attached hydrogen (secondary N) is 1. The molecule has 3 aromatic rings. The van der Waals surface area contributed by atoms with Crippen LogP contribution in [0.25, 0.3) is 10.3 Å². The molecular weight excluding hydrogens is 416 g/mol. The number of hydrogen-bond donors (Lipinski definition) is 2. The number of rotatable bonds is 9. The number of aromatic nitrogens is 3. The molecule has 0 unspecified atom stereocenters. The summed E-state index contributed by atoms with van der Waals surface area (Å²) in [7, 11) is 0. The zero-order valence-electron chi connectivity index (χ0n) is 16.4. The number of nitrogens with zero attached hydrogens (tertiary/aromatic N) is 4. The van der Waals surface area contributed by atoms with Crippen molar-refractivity contribution in [1.82, 2.24) is 15.0 Å². The number of aliphatic hydroxyl groups is 1. The van der Waals surface area contributed by atoms with Crippen molar-refractivity contribution in [1.29, 1.82) is 0 Å². The van der Waals surface area contributed by atoms with Gasteiger partial charge in [0.25, 0.3) is 0 Å². The molecule has 0 saturated carbocycles. The average Bonchev–Trinajstić information content (AvgIpc) is 3.14. The van der Waals surface area contributed by atoms with Crippen molar-refractivity contribution in [2.75, 3.05) is 29.9 Å². The van der Waals surface area contributed by atoms with Crippen molar-refractivity contribution < 1.29 is 13.9 Å². The number of thioether (sulfide) groups is 1. The minimum absolute atomic E-state index is 0.0514.